The van der Waals surface area contributed by atoms with Crippen molar-refractivity contribution in [2.45, 2.75) is 57.9 Å². The minimum Gasteiger partial charge on any atom is -0.443 e. The van der Waals surface area contributed by atoms with E-state index >= 15 is 0 Å². The Kier molecular flexibility index (Phi) is 4.74. The summed E-state index contributed by atoms with van der Waals surface area (Å²) in [6.45, 7) is 5.43. The van der Waals surface area contributed by atoms with Gasteiger partial charge in [0.05, 0.1) is 6.20 Å². The summed E-state index contributed by atoms with van der Waals surface area (Å²) >= 11 is 6.26. The molecule has 10 heteroatoms. The van der Waals surface area contributed by atoms with Gasteiger partial charge in [0, 0.05) is 29.7 Å². The standard InChI is InChI=1S/C19H22ClN5O4/c1-19(2,3)29-18(28)24(12-4-5-12)15-8-13(20)22-16-11(9-21-25(15)16)6-10-7-14(26)23-17(10)27/h6,8-9,12,14,26H,4-5,7H2,1-3H3,(H,23,27). The van der Waals surface area contributed by atoms with Crippen LogP contribution in [0.1, 0.15) is 45.6 Å². The van der Waals surface area contributed by atoms with Crippen molar-refractivity contribution in [2.75, 3.05) is 4.90 Å². The lowest BCUT2D eigenvalue weighted by atomic mass is 10.1. The highest BCUT2D eigenvalue weighted by atomic mass is 35.5. The lowest BCUT2D eigenvalue weighted by Crippen LogP contribution is -2.39. The summed E-state index contributed by atoms with van der Waals surface area (Å²) in [6.07, 6.45) is 3.70. The average molecular weight is 420 g/mol. The monoisotopic (exact) mass is 419 g/mol. The van der Waals surface area contributed by atoms with Crippen molar-refractivity contribution in [3.8, 4) is 0 Å². The van der Waals surface area contributed by atoms with Crippen LogP contribution in [0, 0.1) is 0 Å². The number of fused-ring (bicyclic) bond motifs is 1. The van der Waals surface area contributed by atoms with Gasteiger partial charge in [-0.3, -0.25) is 9.69 Å². The number of carbonyl (C=O) groups excluding carboxylic acids is 2. The summed E-state index contributed by atoms with van der Waals surface area (Å²) in [6, 6.07) is 1.58. The predicted molar refractivity (Wildman–Crippen MR) is 106 cm³/mol. The van der Waals surface area contributed by atoms with Crippen LogP contribution in [-0.2, 0) is 9.53 Å². The Balaban J connectivity index is 1.77. The van der Waals surface area contributed by atoms with Crippen LogP contribution in [-0.4, -0.2) is 49.6 Å². The minimum absolute atomic E-state index is 0.00767. The fourth-order valence-electron chi connectivity index (χ4n) is 3.19. The molecule has 2 aromatic rings. The lowest BCUT2D eigenvalue weighted by molar-refractivity contribution is -0.117. The van der Waals surface area contributed by atoms with Crippen LogP contribution in [0.3, 0.4) is 0 Å². The summed E-state index contributed by atoms with van der Waals surface area (Å²) in [5.41, 5.74) is 0.745. The van der Waals surface area contributed by atoms with E-state index in [2.05, 4.69) is 15.4 Å². The van der Waals surface area contributed by atoms with Gasteiger partial charge in [-0.1, -0.05) is 11.6 Å². The van der Waals surface area contributed by atoms with E-state index in [1.807, 2.05) is 20.8 Å². The molecule has 1 aliphatic carbocycles. The second-order valence-electron chi connectivity index (χ2n) is 8.22. The smallest absolute Gasteiger partial charge is 0.416 e. The van der Waals surface area contributed by atoms with Crippen molar-refractivity contribution in [1.82, 2.24) is 19.9 Å². The number of ether oxygens (including phenoxy) is 1. The first-order chi connectivity index (χ1) is 13.6. The molecule has 4 rings (SSSR count). The third-order valence-corrected chi connectivity index (χ3v) is 4.72. The van der Waals surface area contributed by atoms with Gasteiger partial charge in [-0.05, 0) is 39.7 Å². The Bertz CT molecular complexity index is 1020. The average Bonchev–Trinajstić information content (AvgIpc) is 3.25. The van der Waals surface area contributed by atoms with Crippen molar-refractivity contribution in [3.63, 3.8) is 0 Å². The molecule has 3 heterocycles. The molecule has 2 aromatic heterocycles. The van der Waals surface area contributed by atoms with Crippen molar-refractivity contribution >= 4 is 41.1 Å². The zero-order chi connectivity index (χ0) is 20.9. The fraction of sp³-hybridized carbons (Fsp3) is 0.474. The summed E-state index contributed by atoms with van der Waals surface area (Å²) in [5.74, 6) is 0.116. The molecule has 29 heavy (non-hydrogen) atoms. The van der Waals surface area contributed by atoms with E-state index in [0.717, 1.165) is 12.8 Å². The Hall–Kier alpha value is -2.65. The summed E-state index contributed by atoms with van der Waals surface area (Å²) in [5, 5.41) is 16.6. The van der Waals surface area contributed by atoms with Gasteiger partial charge >= 0.3 is 6.09 Å². The summed E-state index contributed by atoms with van der Waals surface area (Å²) in [7, 11) is 0. The molecule has 1 unspecified atom stereocenters. The van der Waals surface area contributed by atoms with Crippen LogP contribution < -0.4 is 10.2 Å². The largest absolute Gasteiger partial charge is 0.443 e. The number of amides is 2. The van der Waals surface area contributed by atoms with E-state index in [1.54, 1.807) is 23.2 Å². The Morgan fingerprint density at radius 2 is 2.17 bits per heavy atom. The van der Waals surface area contributed by atoms with Crippen LogP contribution in [0.15, 0.2) is 17.8 Å². The van der Waals surface area contributed by atoms with Gasteiger partial charge in [-0.2, -0.15) is 9.61 Å². The van der Waals surface area contributed by atoms with Gasteiger partial charge in [0.15, 0.2) is 5.65 Å². The quantitative estimate of drug-likeness (QED) is 0.584. The highest BCUT2D eigenvalue weighted by Gasteiger charge is 2.38. The molecule has 0 spiro atoms. The predicted octanol–water partition coefficient (Wildman–Crippen LogP) is 2.51. The number of anilines is 1. The molecule has 9 nitrogen and oxygen atoms in total. The van der Waals surface area contributed by atoms with Crippen LogP contribution in [0.4, 0.5) is 10.6 Å². The molecule has 1 saturated carbocycles. The number of carbonyl (C=O) groups is 2. The number of nitrogens with one attached hydrogen (secondary N) is 1. The first-order valence-corrected chi connectivity index (χ1v) is 9.76. The van der Waals surface area contributed by atoms with Crippen molar-refractivity contribution in [1.29, 1.82) is 0 Å². The van der Waals surface area contributed by atoms with Gasteiger partial charge in [0.2, 0.25) is 5.91 Å². The Labute approximate surface area is 172 Å². The molecule has 1 saturated heterocycles. The van der Waals surface area contributed by atoms with E-state index in [0.29, 0.717) is 22.6 Å². The van der Waals surface area contributed by atoms with Crippen LogP contribution >= 0.6 is 11.6 Å². The van der Waals surface area contributed by atoms with E-state index in [9.17, 15) is 14.7 Å². The number of nitrogens with zero attached hydrogens (tertiary/aromatic N) is 4. The molecule has 1 aliphatic heterocycles. The number of rotatable bonds is 3. The zero-order valence-electron chi connectivity index (χ0n) is 16.3. The maximum atomic E-state index is 12.9. The van der Waals surface area contributed by atoms with Gasteiger partial charge < -0.3 is 15.2 Å². The normalized spacial score (nSPS) is 20.9. The second kappa shape index (κ2) is 7.00. The van der Waals surface area contributed by atoms with E-state index in [4.69, 9.17) is 16.3 Å². The Morgan fingerprint density at radius 1 is 1.45 bits per heavy atom. The SMILES string of the molecule is CC(C)(C)OC(=O)N(c1cc(Cl)nc2c(C=C3CC(O)NC3=O)cnn12)C1CC1. The van der Waals surface area contributed by atoms with E-state index < -0.39 is 17.9 Å². The molecule has 2 aliphatic rings. The highest BCUT2D eigenvalue weighted by Crippen LogP contribution is 2.35. The van der Waals surface area contributed by atoms with Crippen molar-refractivity contribution < 1.29 is 19.4 Å². The first kappa shape index (κ1) is 19.7. The number of aliphatic hydroxyl groups excluding tert-OH is 1. The molecule has 154 valence electrons. The number of hydrogen-bond donors (Lipinski definition) is 2. The molecule has 0 radical (unpaired) electrons. The number of hydrogen-bond acceptors (Lipinski definition) is 6. The van der Waals surface area contributed by atoms with Crippen LogP contribution in [0.25, 0.3) is 11.7 Å². The third-order valence-electron chi connectivity index (χ3n) is 4.53. The minimum atomic E-state index is -0.903. The molecule has 0 bridgehead atoms. The third kappa shape index (κ3) is 4.06. The van der Waals surface area contributed by atoms with Gasteiger partial charge in [0.1, 0.15) is 22.8 Å². The Morgan fingerprint density at radius 3 is 2.76 bits per heavy atom. The lowest BCUT2D eigenvalue weighted by Gasteiger charge is -2.27. The maximum absolute atomic E-state index is 12.9. The van der Waals surface area contributed by atoms with E-state index in [-0.39, 0.29) is 23.5 Å². The molecule has 0 aromatic carbocycles. The summed E-state index contributed by atoms with van der Waals surface area (Å²) in [4.78, 5) is 30.7. The molecule has 2 N–H and O–H groups in total. The van der Waals surface area contributed by atoms with Gasteiger partial charge in [-0.15, -0.1) is 0 Å². The number of aromatic nitrogens is 3. The van der Waals surface area contributed by atoms with E-state index in [1.165, 1.54) is 4.52 Å². The summed E-state index contributed by atoms with van der Waals surface area (Å²) < 4.78 is 7.09. The fourth-order valence-corrected chi connectivity index (χ4v) is 3.37. The first-order valence-electron chi connectivity index (χ1n) is 9.38. The molecule has 1 atom stereocenters. The van der Waals surface area contributed by atoms with Gasteiger partial charge in [-0.25, -0.2) is 9.78 Å². The van der Waals surface area contributed by atoms with Crippen LogP contribution in [0.2, 0.25) is 5.15 Å². The van der Waals surface area contributed by atoms with Gasteiger partial charge in [0.25, 0.3) is 0 Å². The number of aliphatic hydroxyl groups is 1. The van der Waals surface area contributed by atoms with Crippen molar-refractivity contribution in [2.24, 2.45) is 0 Å². The topological polar surface area (TPSA) is 109 Å². The van der Waals surface area contributed by atoms with Crippen molar-refractivity contribution in [3.05, 3.63) is 28.6 Å². The zero-order valence-corrected chi connectivity index (χ0v) is 17.1. The molecule has 2 amide bonds. The molecular formula is C19H22ClN5O4. The molecule has 2 fully saturated rings. The number of halogens is 1. The maximum Gasteiger partial charge on any atom is 0.416 e. The van der Waals surface area contributed by atoms with Crippen LogP contribution in [0.5, 0.6) is 0 Å². The highest BCUT2D eigenvalue weighted by molar-refractivity contribution is 6.29. The molecular weight excluding hydrogens is 398 g/mol. The second-order valence-corrected chi connectivity index (χ2v) is 8.60.